The highest BCUT2D eigenvalue weighted by molar-refractivity contribution is 6.03. The maximum Gasteiger partial charge on any atom is 0.339 e. The van der Waals surface area contributed by atoms with E-state index in [1.54, 1.807) is 11.8 Å². The second kappa shape index (κ2) is 6.78. The highest BCUT2D eigenvalue weighted by atomic mass is 16.5. The summed E-state index contributed by atoms with van der Waals surface area (Å²) in [6.45, 7) is 5.10. The predicted octanol–water partition coefficient (Wildman–Crippen LogP) is 2.83. The maximum absolute atomic E-state index is 13.0. The SMILES string of the molecule is COC(=O)c1c(CC(=O)N2c3ccccc3CC2C)[nH]c(C(C)=O)c1C. The Hall–Kier alpha value is -2.89. The number of H-pyrrole nitrogens is 1. The highest BCUT2D eigenvalue weighted by Gasteiger charge is 2.32. The van der Waals surface area contributed by atoms with Gasteiger partial charge in [-0.25, -0.2) is 4.79 Å². The van der Waals surface area contributed by atoms with Gasteiger partial charge in [0, 0.05) is 24.3 Å². The van der Waals surface area contributed by atoms with Gasteiger partial charge in [-0.3, -0.25) is 9.59 Å². The monoisotopic (exact) mass is 354 g/mol. The van der Waals surface area contributed by atoms with E-state index in [0.717, 1.165) is 17.7 Å². The molecule has 2 aromatic rings. The zero-order valence-corrected chi connectivity index (χ0v) is 15.4. The van der Waals surface area contributed by atoms with Crippen LogP contribution in [0.2, 0.25) is 0 Å². The van der Waals surface area contributed by atoms with E-state index in [9.17, 15) is 14.4 Å². The molecular formula is C20H22N2O4. The van der Waals surface area contributed by atoms with Gasteiger partial charge in [0.1, 0.15) is 0 Å². The molecule has 6 nitrogen and oxygen atoms in total. The first-order valence-corrected chi connectivity index (χ1v) is 8.55. The standard InChI is InChI=1S/C20H22N2O4/c1-11-9-14-7-5-6-8-16(14)22(11)17(24)10-15-18(20(25)26-4)12(2)19(21-15)13(3)23/h5-8,11,21H,9-10H2,1-4H3. The van der Waals surface area contributed by atoms with Crippen LogP contribution in [0.3, 0.4) is 0 Å². The summed E-state index contributed by atoms with van der Waals surface area (Å²) in [5, 5.41) is 0. The van der Waals surface area contributed by atoms with Crippen molar-refractivity contribution in [2.24, 2.45) is 0 Å². The van der Waals surface area contributed by atoms with Gasteiger partial charge in [0.05, 0.1) is 24.8 Å². The van der Waals surface area contributed by atoms with E-state index in [0.29, 0.717) is 17.0 Å². The molecule has 0 fully saturated rings. The quantitative estimate of drug-likeness (QED) is 0.676. The summed E-state index contributed by atoms with van der Waals surface area (Å²) >= 11 is 0. The summed E-state index contributed by atoms with van der Waals surface area (Å²) in [6.07, 6.45) is 0.797. The molecule has 1 amide bonds. The molecule has 1 N–H and O–H groups in total. The lowest BCUT2D eigenvalue weighted by molar-refractivity contribution is -0.118. The van der Waals surface area contributed by atoms with Crippen LogP contribution in [0.1, 0.15) is 51.5 Å². The summed E-state index contributed by atoms with van der Waals surface area (Å²) in [6, 6.07) is 7.86. The number of anilines is 1. The highest BCUT2D eigenvalue weighted by Crippen LogP contribution is 2.32. The van der Waals surface area contributed by atoms with E-state index in [2.05, 4.69) is 4.98 Å². The van der Waals surface area contributed by atoms with Crippen LogP contribution in [0.15, 0.2) is 24.3 Å². The molecule has 1 aliphatic rings. The third-order valence-corrected chi connectivity index (χ3v) is 4.87. The van der Waals surface area contributed by atoms with E-state index in [-0.39, 0.29) is 29.7 Å². The first-order chi connectivity index (χ1) is 12.3. The van der Waals surface area contributed by atoms with Crippen LogP contribution in [0.5, 0.6) is 0 Å². The van der Waals surface area contributed by atoms with Gasteiger partial charge < -0.3 is 14.6 Å². The summed E-state index contributed by atoms with van der Waals surface area (Å²) in [4.78, 5) is 41.7. The minimum Gasteiger partial charge on any atom is -0.465 e. The number of hydrogen-bond acceptors (Lipinski definition) is 4. The number of carbonyl (C=O) groups excluding carboxylic acids is 3. The summed E-state index contributed by atoms with van der Waals surface area (Å²) < 4.78 is 4.84. The van der Waals surface area contributed by atoms with Gasteiger partial charge in [0.2, 0.25) is 5.91 Å². The topological polar surface area (TPSA) is 79.5 Å². The lowest BCUT2D eigenvalue weighted by Gasteiger charge is -2.22. The number of aromatic amines is 1. The lowest BCUT2D eigenvalue weighted by Crippen LogP contribution is -2.37. The predicted molar refractivity (Wildman–Crippen MR) is 97.7 cm³/mol. The number of fused-ring (bicyclic) bond motifs is 1. The van der Waals surface area contributed by atoms with Gasteiger partial charge in [-0.1, -0.05) is 18.2 Å². The Kier molecular flexibility index (Phi) is 4.68. The van der Waals surface area contributed by atoms with Gasteiger partial charge in [0.25, 0.3) is 0 Å². The first kappa shape index (κ1) is 17.9. The molecule has 2 heterocycles. The van der Waals surface area contributed by atoms with Crippen LogP contribution < -0.4 is 4.90 Å². The second-order valence-corrected chi connectivity index (χ2v) is 6.65. The zero-order valence-electron chi connectivity index (χ0n) is 15.4. The molecule has 0 aliphatic carbocycles. The largest absolute Gasteiger partial charge is 0.465 e. The van der Waals surface area contributed by atoms with Crippen molar-refractivity contribution in [3.63, 3.8) is 0 Å². The fraction of sp³-hybridized carbons (Fsp3) is 0.350. The number of Topliss-reactive ketones (excluding diaryl/α,β-unsaturated/α-hetero) is 1. The summed E-state index contributed by atoms with van der Waals surface area (Å²) in [5.74, 6) is -0.862. The molecule has 0 saturated heterocycles. The minimum atomic E-state index is -0.552. The van der Waals surface area contributed by atoms with E-state index in [1.807, 2.05) is 31.2 Å². The molecular weight excluding hydrogens is 332 g/mol. The Morgan fingerprint density at radius 2 is 1.96 bits per heavy atom. The van der Waals surface area contributed by atoms with Crippen LogP contribution in [0.4, 0.5) is 5.69 Å². The smallest absolute Gasteiger partial charge is 0.339 e. The van der Waals surface area contributed by atoms with Crippen molar-refractivity contribution < 1.29 is 19.1 Å². The van der Waals surface area contributed by atoms with Crippen molar-refractivity contribution in [2.45, 2.75) is 39.7 Å². The molecule has 26 heavy (non-hydrogen) atoms. The summed E-state index contributed by atoms with van der Waals surface area (Å²) in [7, 11) is 1.28. The van der Waals surface area contributed by atoms with E-state index in [1.165, 1.54) is 14.0 Å². The third-order valence-electron chi connectivity index (χ3n) is 4.87. The van der Waals surface area contributed by atoms with Crippen LogP contribution in [0, 0.1) is 6.92 Å². The van der Waals surface area contributed by atoms with Crippen LogP contribution in [-0.4, -0.2) is 35.8 Å². The Balaban J connectivity index is 1.96. The van der Waals surface area contributed by atoms with E-state index >= 15 is 0 Å². The van der Waals surface area contributed by atoms with Gasteiger partial charge in [-0.15, -0.1) is 0 Å². The number of ether oxygens (including phenoxy) is 1. The number of methoxy groups -OCH3 is 1. The number of para-hydroxylation sites is 1. The van der Waals surface area contributed by atoms with Crippen molar-refractivity contribution in [2.75, 3.05) is 12.0 Å². The number of nitrogens with one attached hydrogen (secondary N) is 1. The van der Waals surface area contributed by atoms with Crippen LogP contribution >= 0.6 is 0 Å². The van der Waals surface area contributed by atoms with Gasteiger partial charge in [0.15, 0.2) is 5.78 Å². The molecule has 1 unspecified atom stereocenters. The molecule has 1 aromatic heterocycles. The number of carbonyl (C=O) groups is 3. The molecule has 6 heteroatoms. The number of amides is 1. The molecule has 0 spiro atoms. The molecule has 0 bridgehead atoms. The Bertz CT molecular complexity index is 897. The van der Waals surface area contributed by atoms with Crippen molar-refractivity contribution in [3.05, 3.63) is 52.3 Å². The Labute approximate surface area is 152 Å². The maximum atomic E-state index is 13.0. The Morgan fingerprint density at radius 1 is 1.27 bits per heavy atom. The number of esters is 1. The zero-order chi connectivity index (χ0) is 19.0. The van der Waals surface area contributed by atoms with Crippen molar-refractivity contribution in [1.82, 2.24) is 4.98 Å². The normalized spacial score (nSPS) is 15.7. The molecule has 1 aliphatic heterocycles. The minimum absolute atomic E-state index is 0.00275. The van der Waals surface area contributed by atoms with Gasteiger partial charge in [-0.05, 0) is 37.5 Å². The number of nitrogens with zero attached hydrogens (tertiary/aromatic N) is 1. The summed E-state index contributed by atoms with van der Waals surface area (Å²) in [5.41, 5.74) is 3.57. The molecule has 136 valence electrons. The fourth-order valence-electron chi connectivity index (χ4n) is 3.70. The van der Waals surface area contributed by atoms with Crippen molar-refractivity contribution >= 4 is 23.3 Å². The van der Waals surface area contributed by atoms with Crippen LogP contribution in [-0.2, 0) is 22.4 Å². The average Bonchev–Trinajstić information content (AvgIpc) is 3.10. The van der Waals surface area contributed by atoms with E-state index < -0.39 is 5.97 Å². The average molecular weight is 354 g/mol. The second-order valence-electron chi connectivity index (χ2n) is 6.65. The van der Waals surface area contributed by atoms with Gasteiger partial charge >= 0.3 is 5.97 Å². The first-order valence-electron chi connectivity index (χ1n) is 8.55. The van der Waals surface area contributed by atoms with E-state index in [4.69, 9.17) is 4.74 Å². The number of rotatable bonds is 4. The fourth-order valence-corrected chi connectivity index (χ4v) is 3.70. The number of benzene rings is 1. The number of aromatic nitrogens is 1. The number of hydrogen-bond donors (Lipinski definition) is 1. The molecule has 3 rings (SSSR count). The van der Waals surface area contributed by atoms with Crippen molar-refractivity contribution in [3.8, 4) is 0 Å². The lowest BCUT2D eigenvalue weighted by atomic mass is 10.1. The third kappa shape index (κ3) is 2.92. The van der Waals surface area contributed by atoms with Crippen molar-refractivity contribution in [1.29, 1.82) is 0 Å². The molecule has 0 radical (unpaired) electrons. The van der Waals surface area contributed by atoms with Gasteiger partial charge in [-0.2, -0.15) is 0 Å². The molecule has 0 saturated carbocycles. The van der Waals surface area contributed by atoms with Crippen LogP contribution in [0.25, 0.3) is 0 Å². The molecule has 1 aromatic carbocycles. The Morgan fingerprint density at radius 3 is 2.62 bits per heavy atom. The number of ketones is 1. The molecule has 1 atom stereocenters.